The van der Waals surface area contributed by atoms with Crippen LogP contribution in [0, 0.1) is 0 Å². The molecule has 0 bridgehead atoms. The van der Waals surface area contributed by atoms with E-state index >= 15 is 0 Å². The summed E-state index contributed by atoms with van der Waals surface area (Å²) in [5.74, 6) is 1.50. The zero-order valence-electron chi connectivity index (χ0n) is 25.8. The maximum atomic E-state index is 12.5. The van der Waals surface area contributed by atoms with Gasteiger partial charge in [0.15, 0.2) is 5.82 Å². The summed E-state index contributed by atoms with van der Waals surface area (Å²) in [6.07, 6.45) is 3.57. The van der Waals surface area contributed by atoms with Crippen LogP contribution in [-0.4, -0.2) is 104 Å². The van der Waals surface area contributed by atoms with Crippen LogP contribution in [-0.2, 0) is 9.63 Å². The second-order valence-electron chi connectivity index (χ2n) is 11.4. The Bertz CT molecular complexity index is 1510. The normalized spacial score (nSPS) is 19.8. The lowest BCUT2D eigenvalue weighted by atomic mass is 10.0. The summed E-state index contributed by atoms with van der Waals surface area (Å²) in [4.78, 5) is 32.1. The number of hydroxylamine groups is 1. The molecule has 3 aliphatic rings. The van der Waals surface area contributed by atoms with Gasteiger partial charge in [-0.2, -0.15) is 0 Å². The van der Waals surface area contributed by atoms with E-state index < -0.39 is 0 Å². The van der Waals surface area contributed by atoms with Crippen molar-refractivity contribution in [1.29, 1.82) is 0 Å². The van der Waals surface area contributed by atoms with E-state index in [0.29, 0.717) is 40.4 Å². The summed E-state index contributed by atoms with van der Waals surface area (Å²) < 4.78 is 5.84. The fraction of sp³-hybridized carbons (Fsp3) is 0.406. The van der Waals surface area contributed by atoms with Crippen LogP contribution in [0.2, 0.25) is 5.02 Å². The van der Waals surface area contributed by atoms with E-state index in [4.69, 9.17) is 21.2 Å². The minimum Gasteiger partial charge on any atom is -0.494 e. The van der Waals surface area contributed by atoms with Crippen LogP contribution < -0.4 is 25.3 Å². The number of amides is 1. The Hall–Kier alpha value is -3.94. The van der Waals surface area contributed by atoms with E-state index in [1.54, 1.807) is 12.2 Å². The number of hydrogen-bond acceptors (Lipinski definition) is 11. The first-order valence-electron chi connectivity index (χ1n) is 15.3. The van der Waals surface area contributed by atoms with Gasteiger partial charge >= 0.3 is 0 Å². The number of nitrogens with zero attached hydrogens (tertiary/aromatic N) is 7. The van der Waals surface area contributed by atoms with Crippen molar-refractivity contribution in [3.8, 4) is 5.75 Å². The molecule has 4 heterocycles. The zero-order chi connectivity index (χ0) is 31.3. The average Bonchev–Trinajstić information content (AvgIpc) is 3.56. The van der Waals surface area contributed by atoms with Crippen molar-refractivity contribution >= 4 is 46.2 Å². The number of piperazine rings is 2. The van der Waals surface area contributed by atoms with Gasteiger partial charge in [0, 0.05) is 75.9 Å². The zero-order valence-corrected chi connectivity index (χ0v) is 26.5. The number of aromatic nitrogens is 2. The molecule has 12 nitrogen and oxygen atoms in total. The molecule has 0 unspecified atom stereocenters. The molecule has 45 heavy (non-hydrogen) atoms. The van der Waals surface area contributed by atoms with Crippen molar-refractivity contribution in [3.63, 3.8) is 0 Å². The number of ether oxygens (including phenoxy) is 1. The average molecular weight is 634 g/mol. The predicted molar refractivity (Wildman–Crippen MR) is 177 cm³/mol. The van der Waals surface area contributed by atoms with Gasteiger partial charge in [-0.05, 0) is 36.9 Å². The summed E-state index contributed by atoms with van der Waals surface area (Å²) in [7, 11) is 3.81. The van der Waals surface area contributed by atoms with Gasteiger partial charge in [0.2, 0.25) is 5.91 Å². The lowest BCUT2D eigenvalue weighted by Crippen LogP contribution is -2.58. The third-order valence-corrected chi connectivity index (χ3v) is 8.75. The standard InChI is InChI=1S/C32H40ClN9O3/c1-4-32(43)37-25-19-26(29(44-3)20-28(25)39-11-15-41(16-12-39)40-13-9-38(2)10-14-40)36-30-21-31(35-22-34-30)42-27(8-17-45-42)23-6-5-7-24(33)18-23/h4-7,18-22,27H,1,8-17H2,2-3H3,(H,37,43)(H,34,35,36)/t27-/m1/s1. The van der Waals surface area contributed by atoms with E-state index in [1.807, 2.05) is 42.5 Å². The van der Waals surface area contributed by atoms with Crippen molar-refractivity contribution in [2.24, 2.45) is 0 Å². The van der Waals surface area contributed by atoms with Gasteiger partial charge in [0.05, 0.1) is 36.8 Å². The van der Waals surface area contributed by atoms with E-state index in [9.17, 15) is 4.79 Å². The van der Waals surface area contributed by atoms with Crippen LogP contribution >= 0.6 is 11.6 Å². The Morgan fingerprint density at radius 3 is 2.49 bits per heavy atom. The third kappa shape index (κ3) is 7.15. The molecule has 2 N–H and O–H groups in total. The minimum absolute atomic E-state index is 0.0299. The topological polar surface area (TPSA) is 102 Å². The highest BCUT2D eigenvalue weighted by Gasteiger charge is 2.30. The summed E-state index contributed by atoms with van der Waals surface area (Å²) in [5.41, 5.74) is 3.26. The quantitative estimate of drug-likeness (QED) is 0.332. The number of rotatable bonds is 9. The second-order valence-corrected chi connectivity index (χ2v) is 11.8. The molecule has 13 heteroatoms. The molecule has 0 saturated carbocycles. The number of halogens is 1. The number of methoxy groups -OCH3 is 1. The molecule has 3 fully saturated rings. The van der Waals surface area contributed by atoms with Crippen LogP contribution in [0.25, 0.3) is 0 Å². The van der Waals surface area contributed by atoms with Gasteiger partial charge in [-0.3, -0.25) is 9.63 Å². The Balaban J connectivity index is 1.22. The SMILES string of the molecule is C=CC(=O)Nc1cc(Nc2cc(N3OCC[C@@H]3c3cccc(Cl)c3)ncn2)c(OC)cc1N1CCN(N2CCN(C)CC2)CC1. The Kier molecular flexibility index (Phi) is 9.67. The highest BCUT2D eigenvalue weighted by atomic mass is 35.5. The molecule has 3 aliphatic heterocycles. The summed E-state index contributed by atoms with van der Waals surface area (Å²) in [6, 6.07) is 13.4. The van der Waals surface area contributed by atoms with E-state index in [-0.39, 0.29) is 11.9 Å². The fourth-order valence-electron chi connectivity index (χ4n) is 6.07. The molecule has 1 aromatic heterocycles. The summed E-state index contributed by atoms with van der Waals surface area (Å²) >= 11 is 6.27. The third-order valence-electron chi connectivity index (χ3n) is 8.52. The Morgan fingerprint density at radius 1 is 1.02 bits per heavy atom. The second kappa shape index (κ2) is 14.0. The van der Waals surface area contributed by atoms with E-state index in [1.165, 1.54) is 12.4 Å². The van der Waals surface area contributed by atoms with Gasteiger partial charge in [0.25, 0.3) is 0 Å². The molecule has 3 saturated heterocycles. The van der Waals surface area contributed by atoms with Crippen LogP contribution in [0.3, 0.4) is 0 Å². The van der Waals surface area contributed by atoms with E-state index in [2.05, 4.69) is 54.0 Å². The van der Waals surface area contributed by atoms with Gasteiger partial charge in [0.1, 0.15) is 17.9 Å². The predicted octanol–water partition coefficient (Wildman–Crippen LogP) is 4.17. The van der Waals surface area contributed by atoms with Crippen molar-refractivity contribution in [2.45, 2.75) is 12.5 Å². The monoisotopic (exact) mass is 633 g/mol. The molecule has 0 radical (unpaired) electrons. The summed E-state index contributed by atoms with van der Waals surface area (Å²) in [6.45, 7) is 11.9. The van der Waals surface area contributed by atoms with Crippen LogP contribution in [0.1, 0.15) is 18.0 Å². The van der Waals surface area contributed by atoms with Crippen LogP contribution in [0.15, 0.2) is 61.4 Å². The highest BCUT2D eigenvalue weighted by Crippen LogP contribution is 2.40. The van der Waals surface area contributed by atoms with Crippen molar-refractivity contribution in [2.75, 3.05) is 93.7 Å². The fourth-order valence-corrected chi connectivity index (χ4v) is 6.26. The molecule has 0 spiro atoms. The smallest absolute Gasteiger partial charge is 0.247 e. The number of carbonyl (C=O) groups is 1. The molecule has 1 amide bonds. The molecular formula is C32H40ClN9O3. The first-order valence-corrected chi connectivity index (χ1v) is 15.6. The molecule has 238 valence electrons. The number of hydrogen-bond donors (Lipinski definition) is 2. The number of anilines is 5. The molecule has 6 rings (SSSR count). The van der Waals surface area contributed by atoms with Crippen LogP contribution in [0.5, 0.6) is 5.75 Å². The number of nitrogens with one attached hydrogen (secondary N) is 2. The first-order chi connectivity index (χ1) is 21.9. The van der Waals surface area contributed by atoms with Crippen LogP contribution in [0.4, 0.5) is 28.7 Å². The number of carbonyl (C=O) groups excluding carboxylic acids is 1. The van der Waals surface area contributed by atoms with Gasteiger partial charge < -0.3 is 25.2 Å². The maximum Gasteiger partial charge on any atom is 0.247 e. The molecular weight excluding hydrogens is 594 g/mol. The van der Waals surface area contributed by atoms with Crippen molar-refractivity contribution < 1.29 is 14.4 Å². The Morgan fingerprint density at radius 2 is 1.78 bits per heavy atom. The maximum absolute atomic E-state index is 12.5. The summed E-state index contributed by atoms with van der Waals surface area (Å²) in [5, 5.41) is 13.8. The highest BCUT2D eigenvalue weighted by molar-refractivity contribution is 6.30. The lowest BCUT2D eigenvalue weighted by Gasteiger charge is -2.45. The number of benzene rings is 2. The van der Waals surface area contributed by atoms with Gasteiger partial charge in [-0.15, -0.1) is 0 Å². The van der Waals surface area contributed by atoms with Gasteiger partial charge in [-0.25, -0.2) is 25.0 Å². The molecule has 1 atom stereocenters. The van der Waals surface area contributed by atoms with Gasteiger partial charge in [-0.1, -0.05) is 30.3 Å². The largest absolute Gasteiger partial charge is 0.494 e. The van der Waals surface area contributed by atoms with Crippen molar-refractivity contribution in [1.82, 2.24) is 24.9 Å². The number of hydrazine groups is 1. The molecule has 0 aliphatic carbocycles. The molecule has 3 aromatic rings. The first kappa shape index (κ1) is 31.1. The minimum atomic E-state index is -0.286. The van der Waals surface area contributed by atoms with E-state index in [0.717, 1.165) is 70.0 Å². The Labute approximate surface area is 269 Å². The lowest BCUT2D eigenvalue weighted by molar-refractivity contribution is -0.111. The number of likely N-dealkylation sites (N-methyl/N-ethyl adjacent to an activating group) is 1. The van der Waals surface area contributed by atoms with Crippen molar-refractivity contribution in [3.05, 3.63) is 72.0 Å². The molecule has 2 aromatic carbocycles.